The number of nitrogens with one attached hydrogen (secondary N) is 2. The summed E-state index contributed by atoms with van der Waals surface area (Å²) in [6, 6.07) is 26.2. The largest absolute Gasteiger partial charge is 0.508 e. The van der Waals surface area contributed by atoms with Gasteiger partial charge in [0.25, 0.3) is 0 Å². The standard InChI is InChI=1S/2C16H23NOS.2C9H10O4.2H2S/c2*1-5-17-14-8-12-6-7-15(10-13(12)9-14)19-16(3,4)11(2)18;2*1-6(9(11)12)13-8-4-2-7(10)3-5-8;;/h2*6-7,10,14,17H,5,8-9H2,1-4H3;2*2-6,10H,1H3,(H,11,12);2*1H2/t14-;;2*6-;;/m1.00../s1. The molecular formula is C50H70N2O10S4. The molecule has 364 valence electrons. The van der Waals surface area contributed by atoms with Crippen LogP contribution in [-0.4, -0.2) is 90.8 Å². The van der Waals surface area contributed by atoms with Crippen molar-refractivity contribution in [2.45, 2.75) is 138 Å². The lowest BCUT2D eigenvalue weighted by molar-refractivity contribution is -0.145. The van der Waals surface area contributed by atoms with Crippen molar-refractivity contribution in [3.63, 3.8) is 0 Å². The van der Waals surface area contributed by atoms with E-state index in [4.69, 9.17) is 29.9 Å². The van der Waals surface area contributed by atoms with E-state index in [9.17, 15) is 19.2 Å². The van der Waals surface area contributed by atoms with Crippen LogP contribution in [0.4, 0.5) is 0 Å². The number of phenolic OH excluding ortho intramolecular Hbond substituents is 2. The molecule has 0 spiro atoms. The number of carbonyl (C=O) groups is 4. The minimum Gasteiger partial charge on any atom is -0.508 e. The molecule has 1 unspecified atom stereocenters. The van der Waals surface area contributed by atoms with E-state index >= 15 is 0 Å². The molecule has 0 saturated heterocycles. The topological polar surface area (TPSA) is 192 Å². The van der Waals surface area contributed by atoms with Crippen LogP contribution in [0.2, 0.25) is 0 Å². The molecule has 4 aromatic rings. The summed E-state index contributed by atoms with van der Waals surface area (Å²) in [5.74, 6) is -0.501. The molecular weight excluding hydrogens is 917 g/mol. The van der Waals surface area contributed by atoms with Gasteiger partial charge in [-0.05, 0) is 189 Å². The molecule has 6 rings (SSSR count). The average Bonchev–Trinajstić information content (AvgIpc) is 3.82. The molecule has 12 nitrogen and oxygen atoms in total. The van der Waals surface area contributed by atoms with Crippen LogP contribution >= 0.6 is 50.5 Å². The number of aromatic hydroxyl groups is 2. The fraction of sp³-hybridized carbons (Fsp3) is 0.440. The van der Waals surface area contributed by atoms with Crippen LogP contribution in [0.3, 0.4) is 0 Å². The Hall–Kier alpha value is -4.32. The van der Waals surface area contributed by atoms with E-state index in [0.717, 1.165) is 38.8 Å². The molecule has 0 amide bonds. The first-order valence-corrected chi connectivity index (χ1v) is 23.1. The molecule has 0 bridgehead atoms. The summed E-state index contributed by atoms with van der Waals surface area (Å²) < 4.78 is 9.36. The number of hydrogen-bond donors (Lipinski definition) is 6. The molecule has 0 heterocycles. The molecule has 0 fully saturated rings. The Balaban J connectivity index is 0.000000443. The van der Waals surface area contributed by atoms with Crippen LogP contribution in [0.25, 0.3) is 0 Å². The van der Waals surface area contributed by atoms with E-state index in [2.05, 4.69) is 60.9 Å². The smallest absolute Gasteiger partial charge is 0.344 e. The van der Waals surface area contributed by atoms with Gasteiger partial charge in [0.2, 0.25) is 0 Å². The first-order chi connectivity index (χ1) is 30.0. The zero-order chi connectivity index (χ0) is 47.8. The minimum absolute atomic E-state index is 0. The van der Waals surface area contributed by atoms with E-state index in [1.54, 1.807) is 37.4 Å². The van der Waals surface area contributed by atoms with Crippen molar-refractivity contribution >= 4 is 74.0 Å². The van der Waals surface area contributed by atoms with Gasteiger partial charge in [-0.1, -0.05) is 26.0 Å². The van der Waals surface area contributed by atoms with Crippen LogP contribution in [-0.2, 0) is 44.9 Å². The number of ketones is 2. The number of hydrogen-bond acceptors (Lipinski definition) is 12. The minimum atomic E-state index is -1.02. The molecule has 0 aliphatic heterocycles. The summed E-state index contributed by atoms with van der Waals surface area (Å²) >= 11 is 3.33. The molecule has 0 aromatic heterocycles. The molecule has 0 saturated carbocycles. The molecule has 4 atom stereocenters. The number of aliphatic carboxylic acids is 2. The number of likely N-dealkylation sites (N-methyl/N-ethyl adjacent to an activating group) is 2. The van der Waals surface area contributed by atoms with Crippen molar-refractivity contribution < 1.29 is 49.1 Å². The number of carbonyl (C=O) groups excluding carboxylic acids is 2. The van der Waals surface area contributed by atoms with E-state index in [0.29, 0.717) is 23.6 Å². The summed E-state index contributed by atoms with van der Waals surface area (Å²) in [6.45, 7) is 20.6. The Morgan fingerprint density at radius 2 is 0.879 bits per heavy atom. The van der Waals surface area contributed by atoms with Gasteiger partial charge in [0.05, 0.1) is 9.49 Å². The fourth-order valence-electron chi connectivity index (χ4n) is 6.47. The maximum Gasteiger partial charge on any atom is 0.344 e. The van der Waals surface area contributed by atoms with Gasteiger partial charge in [0.1, 0.15) is 34.6 Å². The first-order valence-electron chi connectivity index (χ1n) is 21.5. The lowest BCUT2D eigenvalue weighted by Gasteiger charge is -2.20. The lowest BCUT2D eigenvalue weighted by Crippen LogP contribution is -2.28. The lowest BCUT2D eigenvalue weighted by atomic mass is 10.1. The number of Topliss-reactive ketones (excluding diaryl/α,β-unsaturated/α-hetero) is 2. The summed E-state index contributed by atoms with van der Waals surface area (Å²) in [4.78, 5) is 46.4. The number of fused-ring (bicyclic) bond motifs is 2. The predicted molar refractivity (Wildman–Crippen MR) is 276 cm³/mol. The van der Waals surface area contributed by atoms with Crippen LogP contribution in [0.5, 0.6) is 23.0 Å². The fourth-order valence-corrected chi connectivity index (χ4v) is 8.61. The Morgan fingerprint density at radius 3 is 1.15 bits per heavy atom. The number of carboxylic acids is 2. The van der Waals surface area contributed by atoms with Crippen molar-refractivity contribution in [2.75, 3.05) is 13.1 Å². The second kappa shape index (κ2) is 28.1. The molecule has 2 aliphatic rings. The molecule has 2 aliphatic carbocycles. The van der Waals surface area contributed by atoms with Crippen molar-refractivity contribution in [1.29, 1.82) is 0 Å². The Kier molecular flexibility index (Phi) is 25.4. The second-order valence-electron chi connectivity index (χ2n) is 16.7. The van der Waals surface area contributed by atoms with Crippen molar-refractivity contribution in [3.05, 3.63) is 107 Å². The maximum atomic E-state index is 11.6. The van der Waals surface area contributed by atoms with E-state index in [-0.39, 0.29) is 59.6 Å². The van der Waals surface area contributed by atoms with Gasteiger partial charge in [0, 0.05) is 21.9 Å². The SMILES string of the molecule is CCNC1Cc2ccc(SC(C)(C)C(C)=O)cc2C1.CCN[C@@H]1Cc2ccc(SC(C)(C)C(C)=O)cc2C1.C[C@H](Oc1ccc(O)cc1)C(=O)O.C[C@H](Oc1ccc(O)cc1)C(=O)O.S.S. The van der Waals surface area contributed by atoms with Gasteiger partial charge in [-0.15, -0.1) is 23.5 Å². The monoisotopic (exact) mass is 986 g/mol. The van der Waals surface area contributed by atoms with Crippen LogP contribution in [0.1, 0.15) is 91.5 Å². The van der Waals surface area contributed by atoms with Gasteiger partial charge in [-0.25, -0.2) is 9.59 Å². The number of benzene rings is 4. The van der Waals surface area contributed by atoms with Gasteiger partial charge in [0.15, 0.2) is 12.2 Å². The van der Waals surface area contributed by atoms with Gasteiger partial charge in [-0.3, -0.25) is 9.59 Å². The number of phenols is 2. The summed E-state index contributed by atoms with van der Waals surface area (Å²) in [5, 5.41) is 41.9. The van der Waals surface area contributed by atoms with Crippen molar-refractivity contribution in [2.24, 2.45) is 0 Å². The highest BCUT2D eigenvalue weighted by Gasteiger charge is 2.28. The molecule has 66 heavy (non-hydrogen) atoms. The number of ether oxygens (including phenoxy) is 2. The van der Waals surface area contributed by atoms with E-state index in [1.807, 2.05) is 27.7 Å². The van der Waals surface area contributed by atoms with Crippen molar-refractivity contribution in [1.82, 2.24) is 10.6 Å². The van der Waals surface area contributed by atoms with E-state index in [1.165, 1.54) is 94.4 Å². The summed E-state index contributed by atoms with van der Waals surface area (Å²) in [7, 11) is 0. The van der Waals surface area contributed by atoms with Gasteiger partial charge >= 0.3 is 11.9 Å². The highest BCUT2D eigenvalue weighted by Crippen LogP contribution is 2.37. The molecule has 4 aromatic carbocycles. The average molecular weight is 987 g/mol. The second-order valence-corrected chi connectivity index (χ2v) is 20.1. The van der Waals surface area contributed by atoms with Crippen molar-refractivity contribution in [3.8, 4) is 23.0 Å². The maximum absolute atomic E-state index is 11.6. The molecule has 16 heteroatoms. The zero-order valence-corrected chi connectivity index (χ0v) is 43.3. The number of thioether (sulfide) groups is 2. The Morgan fingerprint density at radius 1 is 0.576 bits per heavy atom. The molecule has 0 radical (unpaired) electrons. The number of rotatable bonds is 16. The summed E-state index contributed by atoms with van der Waals surface area (Å²) in [5.41, 5.74) is 5.79. The first kappa shape index (κ1) is 59.7. The highest BCUT2D eigenvalue weighted by atomic mass is 32.2. The summed E-state index contributed by atoms with van der Waals surface area (Å²) in [6.07, 6.45) is 2.71. The Bertz CT molecular complexity index is 2010. The normalized spacial score (nSPS) is 15.4. The van der Waals surface area contributed by atoms with Crippen LogP contribution in [0, 0.1) is 0 Å². The number of carboxylic acid groups (broad SMARTS) is 2. The van der Waals surface area contributed by atoms with Crippen LogP contribution < -0.4 is 20.1 Å². The van der Waals surface area contributed by atoms with Gasteiger partial charge in [-0.2, -0.15) is 27.0 Å². The zero-order valence-electron chi connectivity index (χ0n) is 39.7. The third-order valence-corrected chi connectivity index (χ3v) is 13.2. The van der Waals surface area contributed by atoms with Crippen LogP contribution in [0.15, 0.2) is 94.7 Å². The third kappa shape index (κ3) is 19.9. The van der Waals surface area contributed by atoms with Gasteiger partial charge < -0.3 is 40.5 Å². The third-order valence-electron chi connectivity index (χ3n) is 10.6. The van der Waals surface area contributed by atoms with E-state index < -0.39 is 24.1 Å². The predicted octanol–water partition coefficient (Wildman–Crippen LogP) is 9.16. The Labute approximate surface area is 413 Å². The quantitative estimate of drug-likeness (QED) is 0.0583. The molecule has 6 N–H and O–H groups in total. The highest BCUT2D eigenvalue weighted by molar-refractivity contribution is 8.01.